The van der Waals surface area contributed by atoms with Gasteiger partial charge in [0.25, 0.3) is 0 Å². The molecule has 0 atom stereocenters. The molecule has 1 saturated heterocycles. The number of hydrogen-bond donors (Lipinski definition) is 2. The number of nitrogens with one attached hydrogen (secondary N) is 2. The van der Waals surface area contributed by atoms with Gasteiger partial charge in [0.1, 0.15) is 0 Å². The van der Waals surface area contributed by atoms with Gasteiger partial charge >= 0.3 is 0 Å². The largest absolute Gasteiger partial charge is 0.339 e. The monoisotopic (exact) mass is 300 g/mol. The van der Waals surface area contributed by atoms with Crippen LogP contribution < -0.4 is 5.32 Å². The van der Waals surface area contributed by atoms with Crippen LogP contribution in [0.3, 0.4) is 0 Å². The van der Waals surface area contributed by atoms with Gasteiger partial charge in [0.2, 0.25) is 5.91 Å². The Hall–Kier alpha value is -1.07. The minimum absolute atomic E-state index is 0. The molecule has 0 aliphatic carbocycles. The fraction of sp³-hybridized carbons (Fsp3) is 0.714. The van der Waals surface area contributed by atoms with Crippen molar-refractivity contribution in [1.29, 1.82) is 0 Å². The lowest BCUT2D eigenvalue weighted by Crippen LogP contribution is -2.47. The van der Waals surface area contributed by atoms with Crippen molar-refractivity contribution in [3.8, 4) is 0 Å². The maximum atomic E-state index is 12.5. The number of rotatable bonds is 5. The van der Waals surface area contributed by atoms with E-state index in [1.165, 1.54) is 0 Å². The van der Waals surface area contributed by atoms with Crippen molar-refractivity contribution in [2.45, 2.75) is 45.6 Å². The first kappa shape index (κ1) is 17.0. The number of carbonyl (C=O) groups is 1. The molecule has 0 radical (unpaired) electrons. The predicted octanol–water partition coefficient (Wildman–Crippen LogP) is 1.67. The molecular weight excluding hydrogens is 276 g/mol. The van der Waals surface area contributed by atoms with E-state index >= 15 is 0 Å². The Morgan fingerprint density at radius 2 is 2.15 bits per heavy atom. The van der Waals surface area contributed by atoms with E-state index in [1.807, 2.05) is 13.0 Å². The van der Waals surface area contributed by atoms with E-state index in [0.717, 1.165) is 50.3 Å². The Bertz CT molecular complexity index is 415. The highest BCUT2D eigenvalue weighted by Crippen LogP contribution is 2.14. The van der Waals surface area contributed by atoms with Crippen LogP contribution in [0.4, 0.5) is 0 Å². The molecule has 0 aromatic carbocycles. The molecule has 2 N–H and O–H groups in total. The highest BCUT2D eigenvalue weighted by Gasteiger charge is 2.24. The first-order chi connectivity index (χ1) is 9.20. The Labute approximate surface area is 126 Å². The average Bonchev–Trinajstić information content (AvgIpc) is 2.82. The summed E-state index contributed by atoms with van der Waals surface area (Å²) in [6.45, 7) is 6.96. The Balaban J connectivity index is 0.00000200. The highest BCUT2D eigenvalue weighted by molar-refractivity contribution is 5.85. The quantitative estimate of drug-likeness (QED) is 0.869. The summed E-state index contributed by atoms with van der Waals surface area (Å²) >= 11 is 0. The zero-order chi connectivity index (χ0) is 13.7. The highest BCUT2D eigenvalue weighted by atomic mass is 35.5. The van der Waals surface area contributed by atoms with Gasteiger partial charge in [-0.3, -0.25) is 9.89 Å². The zero-order valence-corrected chi connectivity index (χ0v) is 13.1. The predicted molar refractivity (Wildman–Crippen MR) is 82.2 cm³/mol. The number of piperidine rings is 1. The topological polar surface area (TPSA) is 61.0 Å². The minimum Gasteiger partial charge on any atom is -0.339 e. The first-order valence-corrected chi connectivity index (χ1v) is 7.21. The number of H-pyrrole nitrogens is 1. The summed E-state index contributed by atoms with van der Waals surface area (Å²) in [5.41, 5.74) is 1.85. The minimum atomic E-state index is 0. The fourth-order valence-electron chi connectivity index (χ4n) is 2.69. The Kier molecular flexibility index (Phi) is 7.02. The van der Waals surface area contributed by atoms with E-state index in [4.69, 9.17) is 0 Å². The maximum Gasteiger partial charge on any atom is 0.228 e. The Morgan fingerprint density at radius 3 is 2.70 bits per heavy atom. The molecule has 1 aromatic rings. The second-order valence-electron chi connectivity index (χ2n) is 5.29. The van der Waals surface area contributed by atoms with Crippen molar-refractivity contribution >= 4 is 18.3 Å². The van der Waals surface area contributed by atoms with Crippen LogP contribution in [0.2, 0.25) is 0 Å². The van der Waals surface area contributed by atoms with Crippen LogP contribution in [0.15, 0.2) is 6.07 Å². The second-order valence-corrected chi connectivity index (χ2v) is 5.29. The smallest absolute Gasteiger partial charge is 0.228 e. The van der Waals surface area contributed by atoms with Gasteiger partial charge in [0.15, 0.2) is 0 Å². The molecule has 6 heteroatoms. The van der Waals surface area contributed by atoms with Crippen molar-refractivity contribution in [1.82, 2.24) is 20.4 Å². The summed E-state index contributed by atoms with van der Waals surface area (Å²) in [4.78, 5) is 14.5. The van der Waals surface area contributed by atoms with Crippen molar-refractivity contribution in [3.63, 3.8) is 0 Å². The van der Waals surface area contributed by atoms with Crippen LogP contribution in [-0.4, -0.2) is 46.7 Å². The summed E-state index contributed by atoms with van der Waals surface area (Å²) in [6.07, 6.45) is 3.54. The molecule has 0 bridgehead atoms. The van der Waals surface area contributed by atoms with E-state index in [1.54, 1.807) is 0 Å². The standard InChI is InChI=1S/C14H24N4O.ClH/c1-3-8-18(13-4-6-15-7-5-13)14(19)10-12-9-11(2)16-17-12;/h9,13,15H,3-8,10H2,1-2H3,(H,16,17);1H. The number of halogens is 1. The summed E-state index contributed by atoms with van der Waals surface area (Å²) in [6, 6.07) is 2.35. The SMILES string of the molecule is CCCN(C(=O)Cc1cc(C)[nH]n1)C1CCNCC1.Cl. The molecule has 2 rings (SSSR count). The van der Waals surface area contributed by atoms with Gasteiger partial charge in [-0.05, 0) is 45.3 Å². The van der Waals surface area contributed by atoms with E-state index < -0.39 is 0 Å². The van der Waals surface area contributed by atoms with E-state index in [2.05, 4.69) is 27.3 Å². The van der Waals surface area contributed by atoms with Crippen LogP contribution >= 0.6 is 12.4 Å². The Morgan fingerprint density at radius 1 is 1.45 bits per heavy atom. The number of aromatic nitrogens is 2. The van der Waals surface area contributed by atoms with Crippen molar-refractivity contribution in [2.24, 2.45) is 0 Å². The van der Waals surface area contributed by atoms with Gasteiger partial charge in [-0.15, -0.1) is 12.4 Å². The van der Waals surface area contributed by atoms with Gasteiger partial charge in [0.05, 0.1) is 12.1 Å². The van der Waals surface area contributed by atoms with E-state index in [-0.39, 0.29) is 18.3 Å². The molecule has 5 nitrogen and oxygen atoms in total. The summed E-state index contributed by atoms with van der Waals surface area (Å²) < 4.78 is 0. The van der Waals surface area contributed by atoms with E-state index in [9.17, 15) is 4.79 Å². The molecule has 20 heavy (non-hydrogen) atoms. The molecule has 0 unspecified atom stereocenters. The number of hydrogen-bond acceptors (Lipinski definition) is 3. The lowest BCUT2D eigenvalue weighted by molar-refractivity contribution is -0.133. The number of carbonyl (C=O) groups excluding carboxylic acids is 1. The molecule has 1 fully saturated rings. The normalized spacial score (nSPS) is 15.7. The summed E-state index contributed by atoms with van der Waals surface area (Å²) in [5.74, 6) is 0.209. The zero-order valence-electron chi connectivity index (χ0n) is 12.3. The maximum absolute atomic E-state index is 12.5. The third-order valence-corrected chi connectivity index (χ3v) is 3.63. The molecule has 0 spiro atoms. The number of aromatic amines is 1. The number of amides is 1. The lowest BCUT2D eigenvalue weighted by Gasteiger charge is -2.34. The van der Waals surface area contributed by atoms with Crippen molar-refractivity contribution in [3.05, 3.63) is 17.5 Å². The molecule has 0 saturated carbocycles. The van der Waals surface area contributed by atoms with Gasteiger partial charge in [0, 0.05) is 18.3 Å². The summed E-state index contributed by atoms with van der Waals surface area (Å²) in [5, 5.41) is 10.4. The molecule has 1 aromatic heterocycles. The molecule has 1 amide bonds. The number of nitrogens with zero attached hydrogens (tertiary/aromatic N) is 2. The van der Waals surface area contributed by atoms with Crippen LogP contribution in [0, 0.1) is 6.92 Å². The summed E-state index contributed by atoms with van der Waals surface area (Å²) in [7, 11) is 0. The van der Waals surface area contributed by atoms with Gasteiger partial charge in [-0.1, -0.05) is 6.92 Å². The van der Waals surface area contributed by atoms with E-state index in [0.29, 0.717) is 12.5 Å². The second kappa shape index (κ2) is 8.27. The van der Waals surface area contributed by atoms with Crippen molar-refractivity contribution in [2.75, 3.05) is 19.6 Å². The molecule has 1 aliphatic rings. The van der Waals surface area contributed by atoms with Crippen LogP contribution in [-0.2, 0) is 11.2 Å². The van der Waals surface area contributed by atoms with Crippen LogP contribution in [0.1, 0.15) is 37.6 Å². The van der Waals surface area contributed by atoms with Gasteiger partial charge in [-0.25, -0.2) is 0 Å². The molecular formula is C14H25ClN4O. The van der Waals surface area contributed by atoms with Gasteiger partial charge < -0.3 is 10.2 Å². The molecule has 2 heterocycles. The van der Waals surface area contributed by atoms with Crippen molar-refractivity contribution < 1.29 is 4.79 Å². The first-order valence-electron chi connectivity index (χ1n) is 7.21. The molecule has 1 aliphatic heterocycles. The number of aryl methyl sites for hydroxylation is 1. The lowest BCUT2D eigenvalue weighted by atomic mass is 10.0. The molecule has 114 valence electrons. The van der Waals surface area contributed by atoms with Crippen LogP contribution in [0.25, 0.3) is 0 Å². The average molecular weight is 301 g/mol. The van der Waals surface area contributed by atoms with Crippen LogP contribution in [0.5, 0.6) is 0 Å². The van der Waals surface area contributed by atoms with Gasteiger partial charge in [-0.2, -0.15) is 5.10 Å². The third-order valence-electron chi connectivity index (χ3n) is 3.63. The third kappa shape index (κ3) is 4.49. The fourth-order valence-corrected chi connectivity index (χ4v) is 2.69.